The van der Waals surface area contributed by atoms with Crippen molar-refractivity contribution in [2.75, 3.05) is 53.3 Å². The number of carbonyl (C=O) groups is 1. The third kappa shape index (κ3) is 6.23. The number of nitrogens with zero attached hydrogens (tertiary/aromatic N) is 6. The summed E-state index contributed by atoms with van der Waals surface area (Å²) < 4.78 is 42.9. The molecule has 1 aliphatic heterocycles. The van der Waals surface area contributed by atoms with E-state index < -0.39 is 28.8 Å². The van der Waals surface area contributed by atoms with E-state index in [1.165, 1.54) is 31.0 Å². The number of piperidine rings is 1. The molecule has 0 saturated carbocycles. The Morgan fingerprint density at radius 3 is 2.41 bits per heavy atom. The summed E-state index contributed by atoms with van der Waals surface area (Å²) in [5, 5.41) is 3.41. The van der Waals surface area contributed by atoms with Crippen molar-refractivity contribution in [3.05, 3.63) is 76.9 Å². The Bertz CT molecular complexity index is 1730. The first-order chi connectivity index (χ1) is 21.2. The first-order valence-corrected chi connectivity index (χ1v) is 14.0. The number of likely N-dealkylation sites (tertiary alicyclic amines) is 1. The maximum atomic E-state index is 15.6. The molecule has 44 heavy (non-hydrogen) atoms. The number of hydrogen-bond acceptors (Lipinski definition) is 9. The smallest absolute Gasteiger partial charge is 0.260 e. The Balaban J connectivity index is 1.61. The van der Waals surface area contributed by atoms with Gasteiger partial charge >= 0.3 is 0 Å². The van der Waals surface area contributed by atoms with Crippen LogP contribution in [0.1, 0.15) is 18.9 Å². The van der Waals surface area contributed by atoms with Crippen LogP contribution in [-0.2, 0) is 4.79 Å². The summed E-state index contributed by atoms with van der Waals surface area (Å²) in [5.74, 6) is -2.04. The Morgan fingerprint density at radius 1 is 1.09 bits per heavy atom. The standard InChI is InChI=1S/C31H33F2N7O4/c1-38(2)13-7-9-25(41)39-14-10-20(11-15-39)40-29-19(18-35-31(37-29)36-24-8-5-6-12-34-24)16-21(30(40)42)26-27(32)22(43-3)17-23(44-4)28(26)33/h5-9,12,16-18,20H,10-11,13-15H2,1-4H3,(H,34,35,36,37)/b9-7+. The summed E-state index contributed by atoms with van der Waals surface area (Å²) in [6.07, 6.45) is 7.29. The lowest BCUT2D eigenvalue weighted by Gasteiger charge is -2.33. The highest BCUT2D eigenvalue weighted by Crippen LogP contribution is 2.38. The molecule has 230 valence electrons. The highest BCUT2D eigenvalue weighted by molar-refractivity contribution is 5.87. The molecule has 0 radical (unpaired) electrons. The van der Waals surface area contributed by atoms with Crippen LogP contribution >= 0.6 is 0 Å². The predicted molar refractivity (Wildman–Crippen MR) is 162 cm³/mol. The summed E-state index contributed by atoms with van der Waals surface area (Å²) >= 11 is 0. The molecule has 1 aromatic carbocycles. The van der Waals surface area contributed by atoms with Gasteiger partial charge in [-0.05, 0) is 45.1 Å². The normalized spacial score (nSPS) is 14.0. The molecular weight excluding hydrogens is 572 g/mol. The van der Waals surface area contributed by atoms with Crippen LogP contribution in [0.2, 0.25) is 0 Å². The molecule has 4 aromatic rings. The van der Waals surface area contributed by atoms with Gasteiger partial charge in [0.1, 0.15) is 11.5 Å². The molecule has 4 heterocycles. The summed E-state index contributed by atoms with van der Waals surface area (Å²) in [7, 11) is 6.31. The fourth-order valence-corrected chi connectivity index (χ4v) is 5.19. The van der Waals surface area contributed by atoms with E-state index in [4.69, 9.17) is 9.47 Å². The first-order valence-electron chi connectivity index (χ1n) is 14.0. The fraction of sp³-hybridized carbons (Fsp3) is 0.323. The van der Waals surface area contributed by atoms with Gasteiger partial charge in [0.05, 0.1) is 25.3 Å². The number of benzene rings is 1. The number of aromatic nitrogens is 4. The molecular formula is C31H33F2N7O4. The van der Waals surface area contributed by atoms with Crippen molar-refractivity contribution < 1.29 is 23.0 Å². The van der Waals surface area contributed by atoms with Crippen molar-refractivity contribution in [3.8, 4) is 22.6 Å². The first kappa shape index (κ1) is 30.5. The summed E-state index contributed by atoms with van der Waals surface area (Å²) in [5.41, 5.74) is -1.18. The number of amides is 1. The molecule has 11 nitrogen and oxygen atoms in total. The maximum Gasteiger partial charge on any atom is 0.260 e. The molecule has 1 saturated heterocycles. The fourth-order valence-electron chi connectivity index (χ4n) is 5.19. The van der Waals surface area contributed by atoms with Crippen LogP contribution in [0, 0.1) is 11.6 Å². The van der Waals surface area contributed by atoms with Crippen LogP contribution in [0.4, 0.5) is 20.5 Å². The number of likely N-dealkylation sites (N-methyl/N-ethyl adjacent to an activating group) is 1. The number of pyridine rings is 2. The lowest BCUT2D eigenvalue weighted by molar-refractivity contribution is -0.127. The molecule has 13 heteroatoms. The topological polar surface area (TPSA) is 115 Å². The van der Waals surface area contributed by atoms with Crippen molar-refractivity contribution in [2.45, 2.75) is 18.9 Å². The second-order valence-electron chi connectivity index (χ2n) is 10.6. The minimum atomic E-state index is -1.03. The van der Waals surface area contributed by atoms with Crippen LogP contribution in [0.15, 0.2) is 59.7 Å². The van der Waals surface area contributed by atoms with Gasteiger partial charge in [0.15, 0.2) is 23.1 Å². The van der Waals surface area contributed by atoms with Gasteiger partial charge in [0.2, 0.25) is 11.9 Å². The molecule has 3 aromatic heterocycles. The number of carbonyl (C=O) groups excluding carboxylic acids is 1. The third-order valence-corrected chi connectivity index (χ3v) is 7.39. The summed E-state index contributed by atoms with van der Waals surface area (Å²) in [6, 6.07) is 7.35. The molecule has 0 spiro atoms. The monoisotopic (exact) mass is 605 g/mol. The van der Waals surface area contributed by atoms with Gasteiger partial charge in [-0.1, -0.05) is 12.1 Å². The minimum Gasteiger partial charge on any atom is -0.494 e. The van der Waals surface area contributed by atoms with Crippen LogP contribution in [-0.4, -0.2) is 83.2 Å². The van der Waals surface area contributed by atoms with E-state index in [-0.39, 0.29) is 34.6 Å². The second-order valence-corrected chi connectivity index (χ2v) is 10.6. The number of ether oxygens (including phenoxy) is 2. The zero-order valence-corrected chi connectivity index (χ0v) is 24.9. The van der Waals surface area contributed by atoms with E-state index in [1.807, 2.05) is 19.0 Å². The number of halogens is 2. The Kier molecular flexibility index (Phi) is 9.14. The zero-order chi connectivity index (χ0) is 31.4. The predicted octanol–water partition coefficient (Wildman–Crippen LogP) is 4.17. The van der Waals surface area contributed by atoms with Crippen LogP contribution in [0.3, 0.4) is 0 Å². The average Bonchev–Trinajstić information content (AvgIpc) is 3.02. The third-order valence-electron chi connectivity index (χ3n) is 7.39. The summed E-state index contributed by atoms with van der Waals surface area (Å²) in [4.78, 5) is 43.9. The number of fused-ring (bicyclic) bond motifs is 1. The maximum absolute atomic E-state index is 15.6. The Hall–Kier alpha value is -4.91. The quantitative estimate of drug-likeness (QED) is 0.281. The van der Waals surface area contributed by atoms with Crippen molar-refractivity contribution in [1.29, 1.82) is 0 Å². The van der Waals surface area contributed by atoms with E-state index in [2.05, 4.69) is 20.3 Å². The number of methoxy groups -OCH3 is 2. The van der Waals surface area contributed by atoms with Crippen molar-refractivity contribution in [1.82, 2.24) is 29.3 Å². The van der Waals surface area contributed by atoms with Crippen LogP contribution < -0.4 is 20.3 Å². The molecule has 1 N–H and O–H groups in total. The Labute approximate surface area is 252 Å². The SMILES string of the molecule is COc1cc(OC)c(F)c(-c2cc3cnc(Nc4ccccn4)nc3n(C3CCN(C(=O)/C=C/CN(C)C)CC3)c2=O)c1F. The lowest BCUT2D eigenvalue weighted by Crippen LogP contribution is -2.40. The van der Waals surface area contributed by atoms with E-state index in [0.717, 1.165) is 6.07 Å². The van der Waals surface area contributed by atoms with Gasteiger partial charge in [-0.3, -0.25) is 14.2 Å². The summed E-state index contributed by atoms with van der Waals surface area (Å²) in [6.45, 7) is 1.40. The van der Waals surface area contributed by atoms with E-state index in [0.29, 0.717) is 43.7 Å². The second kappa shape index (κ2) is 13.2. The van der Waals surface area contributed by atoms with Crippen molar-refractivity contribution >= 4 is 28.7 Å². The van der Waals surface area contributed by atoms with Gasteiger partial charge < -0.3 is 24.6 Å². The molecule has 0 bridgehead atoms. The number of rotatable bonds is 9. The van der Waals surface area contributed by atoms with Crippen LogP contribution in [0.25, 0.3) is 22.2 Å². The molecule has 1 fully saturated rings. The number of hydrogen-bond donors (Lipinski definition) is 1. The molecule has 1 amide bonds. The van der Waals surface area contributed by atoms with Crippen molar-refractivity contribution in [2.24, 2.45) is 0 Å². The van der Waals surface area contributed by atoms with Gasteiger partial charge in [-0.25, -0.2) is 18.7 Å². The highest BCUT2D eigenvalue weighted by Gasteiger charge is 2.29. The Morgan fingerprint density at radius 2 is 1.80 bits per heavy atom. The number of anilines is 2. The van der Waals surface area contributed by atoms with Gasteiger partial charge in [0.25, 0.3) is 5.56 Å². The average molecular weight is 606 g/mol. The zero-order valence-electron chi connectivity index (χ0n) is 24.9. The molecule has 0 aliphatic carbocycles. The minimum absolute atomic E-state index is 0.118. The van der Waals surface area contributed by atoms with E-state index >= 15 is 8.78 Å². The van der Waals surface area contributed by atoms with Crippen LogP contribution in [0.5, 0.6) is 11.5 Å². The van der Waals surface area contributed by atoms with E-state index in [9.17, 15) is 9.59 Å². The molecule has 0 atom stereocenters. The van der Waals surface area contributed by atoms with Gasteiger partial charge in [-0.15, -0.1) is 0 Å². The number of nitrogens with one attached hydrogen (secondary N) is 1. The molecule has 0 unspecified atom stereocenters. The molecule has 5 rings (SSSR count). The highest BCUT2D eigenvalue weighted by atomic mass is 19.1. The van der Waals surface area contributed by atoms with Gasteiger partial charge in [-0.2, -0.15) is 4.98 Å². The van der Waals surface area contributed by atoms with Crippen molar-refractivity contribution in [3.63, 3.8) is 0 Å². The van der Waals surface area contributed by atoms with Gasteiger partial charge in [0, 0.05) is 55.6 Å². The molecule has 1 aliphatic rings. The lowest BCUT2D eigenvalue weighted by atomic mass is 10.0. The largest absolute Gasteiger partial charge is 0.494 e. The van der Waals surface area contributed by atoms with E-state index in [1.54, 1.807) is 41.4 Å².